The lowest BCUT2D eigenvalue weighted by Gasteiger charge is -2.23. The molecule has 3 aromatic rings. The van der Waals surface area contributed by atoms with E-state index in [0.29, 0.717) is 30.8 Å². The Morgan fingerprint density at radius 2 is 1.89 bits per heavy atom. The van der Waals surface area contributed by atoms with Gasteiger partial charge < -0.3 is 26.0 Å². The summed E-state index contributed by atoms with van der Waals surface area (Å²) in [6.45, 7) is 6.51. The van der Waals surface area contributed by atoms with Crippen LogP contribution in [-0.4, -0.2) is 40.8 Å². The SMILES string of the molecule is CC(C)(C)OC(=O)NC1CCN(c2nc(Nc3cc(N)cc(C(F)(F)F)c3)nc3ccccc23)C1. The lowest BCUT2D eigenvalue weighted by molar-refractivity contribution is -0.137. The van der Waals surface area contributed by atoms with E-state index in [2.05, 4.69) is 20.6 Å². The third-order valence-corrected chi connectivity index (χ3v) is 5.33. The molecule has 0 saturated carbocycles. The van der Waals surface area contributed by atoms with Gasteiger partial charge in [-0.25, -0.2) is 9.78 Å². The number of nitrogen functional groups attached to an aromatic ring is 1. The van der Waals surface area contributed by atoms with Crippen molar-refractivity contribution < 1.29 is 22.7 Å². The van der Waals surface area contributed by atoms with E-state index in [9.17, 15) is 18.0 Å². The Morgan fingerprint density at radius 3 is 2.60 bits per heavy atom. The number of fused-ring (bicyclic) bond motifs is 1. The first-order valence-electron chi connectivity index (χ1n) is 11.1. The number of aromatic nitrogens is 2. The number of halogens is 3. The summed E-state index contributed by atoms with van der Waals surface area (Å²) in [5.74, 6) is 0.757. The second kappa shape index (κ2) is 9.12. The number of anilines is 4. The van der Waals surface area contributed by atoms with Gasteiger partial charge in [0.25, 0.3) is 0 Å². The van der Waals surface area contributed by atoms with Crippen LogP contribution in [0.5, 0.6) is 0 Å². The first kappa shape index (κ1) is 24.4. The number of ether oxygens (including phenoxy) is 1. The predicted molar refractivity (Wildman–Crippen MR) is 129 cm³/mol. The zero-order chi connectivity index (χ0) is 25.4. The fraction of sp³-hybridized carbons (Fsp3) is 0.375. The molecule has 1 fully saturated rings. The summed E-state index contributed by atoms with van der Waals surface area (Å²) in [6.07, 6.45) is -4.33. The van der Waals surface area contributed by atoms with Crippen LogP contribution in [0.4, 0.5) is 41.1 Å². The second-order valence-electron chi connectivity index (χ2n) is 9.43. The maximum absolute atomic E-state index is 13.2. The van der Waals surface area contributed by atoms with E-state index >= 15 is 0 Å². The molecule has 1 saturated heterocycles. The van der Waals surface area contributed by atoms with Crippen molar-refractivity contribution in [2.24, 2.45) is 0 Å². The number of benzene rings is 2. The van der Waals surface area contributed by atoms with Crippen LogP contribution in [0.2, 0.25) is 0 Å². The molecular formula is C24H27F3N6O2. The smallest absolute Gasteiger partial charge is 0.416 e. The monoisotopic (exact) mass is 488 g/mol. The highest BCUT2D eigenvalue weighted by molar-refractivity contribution is 5.91. The van der Waals surface area contributed by atoms with Crippen molar-refractivity contribution in [3.05, 3.63) is 48.0 Å². The number of rotatable bonds is 4. The number of alkyl carbamates (subject to hydrolysis) is 1. The first-order chi connectivity index (χ1) is 16.4. The van der Waals surface area contributed by atoms with Crippen LogP contribution in [0, 0.1) is 0 Å². The van der Waals surface area contributed by atoms with Gasteiger partial charge >= 0.3 is 12.3 Å². The first-order valence-corrected chi connectivity index (χ1v) is 11.1. The van der Waals surface area contributed by atoms with Gasteiger partial charge in [-0.1, -0.05) is 12.1 Å². The fourth-order valence-corrected chi connectivity index (χ4v) is 3.92. The van der Waals surface area contributed by atoms with Gasteiger partial charge in [0.05, 0.1) is 17.1 Å². The van der Waals surface area contributed by atoms with Crippen LogP contribution < -0.4 is 21.3 Å². The Bertz CT molecular complexity index is 1240. The molecule has 1 unspecified atom stereocenters. The van der Waals surface area contributed by atoms with Gasteiger partial charge in [0, 0.05) is 29.9 Å². The summed E-state index contributed by atoms with van der Waals surface area (Å²) >= 11 is 0. The summed E-state index contributed by atoms with van der Waals surface area (Å²) in [6, 6.07) is 10.5. The number of carbonyl (C=O) groups is 1. The highest BCUT2D eigenvalue weighted by Gasteiger charge is 2.31. The maximum Gasteiger partial charge on any atom is 0.416 e. The minimum Gasteiger partial charge on any atom is -0.444 e. The van der Waals surface area contributed by atoms with Crippen molar-refractivity contribution in [2.75, 3.05) is 29.0 Å². The molecule has 1 aromatic heterocycles. The van der Waals surface area contributed by atoms with Gasteiger partial charge in [-0.15, -0.1) is 0 Å². The summed E-state index contributed by atoms with van der Waals surface area (Å²) in [4.78, 5) is 23.3. The molecule has 0 spiro atoms. The standard InChI is InChI=1S/C24H27F3N6O2/c1-23(2,3)35-22(34)30-16-8-9-33(13-16)20-18-6-4-5-7-19(18)31-21(32-20)29-17-11-14(24(25,26)27)10-15(28)12-17/h4-7,10-12,16H,8-9,13,28H2,1-3H3,(H,30,34)(H,29,31,32). The second-order valence-corrected chi connectivity index (χ2v) is 9.43. The number of nitrogens with two attached hydrogens (primary N) is 1. The van der Waals surface area contributed by atoms with Crippen molar-refractivity contribution in [3.8, 4) is 0 Å². The molecule has 35 heavy (non-hydrogen) atoms. The van der Waals surface area contributed by atoms with Gasteiger partial charge in [0.15, 0.2) is 0 Å². The van der Waals surface area contributed by atoms with E-state index in [1.54, 1.807) is 26.8 Å². The van der Waals surface area contributed by atoms with E-state index in [0.717, 1.165) is 17.5 Å². The molecule has 1 atom stereocenters. The molecule has 2 heterocycles. The number of nitrogens with zero attached hydrogens (tertiary/aromatic N) is 3. The lowest BCUT2D eigenvalue weighted by atomic mass is 10.1. The van der Waals surface area contributed by atoms with Crippen LogP contribution in [0.25, 0.3) is 10.9 Å². The van der Waals surface area contributed by atoms with Crippen molar-refractivity contribution in [2.45, 2.75) is 45.0 Å². The molecule has 11 heteroatoms. The number of hydrogen-bond donors (Lipinski definition) is 3. The molecule has 0 aliphatic carbocycles. The Morgan fingerprint density at radius 1 is 1.14 bits per heavy atom. The summed E-state index contributed by atoms with van der Waals surface area (Å²) in [5.41, 5.74) is 4.95. The summed E-state index contributed by atoms with van der Waals surface area (Å²) in [5, 5.41) is 6.54. The largest absolute Gasteiger partial charge is 0.444 e. The van der Waals surface area contributed by atoms with Crippen LogP contribution in [0.15, 0.2) is 42.5 Å². The molecule has 1 aliphatic heterocycles. The molecule has 186 valence electrons. The predicted octanol–water partition coefficient (Wildman–Crippen LogP) is 5.08. The summed E-state index contributed by atoms with van der Waals surface area (Å²) < 4.78 is 45.0. The zero-order valence-electron chi connectivity index (χ0n) is 19.6. The number of amides is 1. The average molecular weight is 489 g/mol. The van der Waals surface area contributed by atoms with Crippen molar-refractivity contribution in [1.82, 2.24) is 15.3 Å². The number of carbonyl (C=O) groups excluding carboxylic acids is 1. The molecule has 4 rings (SSSR count). The van der Waals surface area contributed by atoms with Gasteiger partial charge in [-0.05, 0) is 57.5 Å². The minimum absolute atomic E-state index is 0.0288. The fourth-order valence-electron chi connectivity index (χ4n) is 3.92. The molecule has 1 aliphatic rings. The third-order valence-electron chi connectivity index (χ3n) is 5.33. The Hall–Kier alpha value is -3.76. The lowest BCUT2D eigenvalue weighted by Crippen LogP contribution is -2.40. The molecule has 8 nitrogen and oxygen atoms in total. The number of nitrogens with one attached hydrogen (secondary N) is 2. The van der Waals surface area contributed by atoms with Crippen molar-refractivity contribution in [3.63, 3.8) is 0 Å². The van der Waals surface area contributed by atoms with E-state index in [1.165, 1.54) is 6.07 Å². The van der Waals surface area contributed by atoms with Crippen LogP contribution in [-0.2, 0) is 10.9 Å². The highest BCUT2D eigenvalue weighted by Crippen LogP contribution is 2.34. The van der Waals surface area contributed by atoms with E-state index in [1.807, 2.05) is 23.1 Å². The van der Waals surface area contributed by atoms with E-state index in [-0.39, 0.29) is 23.4 Å². The van der Waals surface area contributed by atoms with Gasteiger partial charge in [-0.3, -0.25) is 0 Å². The van der Waals surface area contributed by atoms with Crippen LogP contribution in [0.1, 0.15) is 32.8 Å². The Kier molecular flexibility index (Phi) is 6.35. The molecule has 0 radical (unpaired) electrons. The van der Waals surface area contributed by atoms with Gasteiger partial charge in [-0.2, -0.15) is 18.2 Å². The quantitative estimate of drug-likeness (QED) is 0.440. The Labute approximate surface area is 200 Å². The number of alkyl halides is 3. The zero-order valence-corrected chi connectivity index (χ0v) is 19.6. The highest BCUT2D eigenvalue weighted by atomic mass is 19.4. The average Bonchev–Trinajstić information content (AvgIpc) is 3.19. The maximum atomic E-state index is 13.2. The van der Waals surface area contributed by atoms with Gasteiger partial charge in [0.1, 0.15) is 11.4 Å². The topological polar surface area (TPSA) is 105 Å². The normalized spacial score (nSPS) is 16.4. The summed E-state index contributed by atoms with van der Waals surface area (Å²) in [7, 11) is 0. The van der Waals surface area contributed by atoms with Crippen LogP contribution >= 0.6 is 0 Å². The molecule has 1 amide bonds. The van der Waals surface area contributed by atoms with E-state index < -0.39 is 23.4 Å². The Balaban J connectivity index is 1.60. The molecular weight excluding hydrogens is 461 g/mol. The minimum atomic E-state index is -4.53. The molecule has 2 aromatic carbocycles. The molecule has 4 N–H and O–H groups in total. The van der Waals surface area contributed by atoms with Gasteiger partial charge in [0.2, 0.25) is 5.95 Å². The van der Waals surface area contributed by atoms with Crippen LogP contribution in [0.3, 0.4) is 0 Å². The van der Waals surface area contributed by atoms with Crippen molar-refractivity contribution >= 4 is 40.1 Å². The third kappa shape index (κ3) is 6.03. The van der Waals surface area contributed by atoms with Crippen molar-refractivity contribution in [1.29, 1.82) is 0 Å². The number of para-hydroxylation sites is 1. The van der Waals surface area contributed by atoms with E-state index in [4.69, 9.17) is 10.5 Å². The molecule has 0 bridgehead atoms. The number of hydrogen-bond acceptors (Lipinski definition) is 7.